The standard InChI is InChI=1S/C10H17NO2/c1-5-7-11-8(3)10(4,6-2)13-9(11)12/h3,5-7H2,1-2,4H3. The second kappa shape index (κ2) is 3.40. The normalized spacial score (nSPS) is 28.1. The molecule has 1 aliphatic rings. The molecule has 0 bridgehead atoms. The molecule has 74 valence electrons. The van der Waals surface area contributed by atoms with Crippen molar-refractivity contribution in [2.75, 3.05) is 6.54 Å². The van der Waals surface area contributed by atoms with Gasteiger partial charge in [-0.25, -0.2) is 4.79 Å². The van der Waals surface area contributed by atoms with Gasteiger partial charge in [-0.1, -0.05) is 20.4 Å². The van der Waals surface area contributed by atoms with Gasteiger partial charge in [0.2, 0.25) is 0 Å². The number of nitrogens with zero attached hydrogens (tertiary/aromatic N) is 1. The van der Waals surface area contributed by atoms with Gasteiger partial charge in [0.25, 0.3) is 0 Å². The Balaban J connectivity index is 2.81. The van der Waals surface area contributed by atoms with Gasteiger partial charge in [0.05, 0.1) is 5.70 Å². The van der Waals surface area contributed by atoms with E-state index < -0.39 is 5.60 Å². The number of amides is 1. The van der Waals surface area contributed by atoms with Crippen molar-refractivity contribution in [1.82, 2.24) is 4.90 Å². The predicted octanol–water partition coefficient (Wildman–Crippen LogP) is 2.53. The van der Waals surface area contributed by atoms with Crippen molar-refractivity contribution < 1.29 is 9.53 Å². The van der Waals surface area contributed by atoms with Gasteiger partial charge >= 0.3 is 6.09 Å². The number of rotatable bonds is 3. The summed E-state index contributed by atoms with van der Waals surface area (Å²) >= 11 is 0. The Labute approximate surface area is 79.4 Å². The Hall–Kier alpha value is -0.990. The molecule has 1 heterocycles. The Morgan fingerprint density at radius 2 is 2.15 bits per heavy atom. The molecule has 0 N–H and O–H groups in total. The molecule has 0 saturated carbocycles. The third-order valence-electron chi connectivity index (χ3n) is 2.59. The lowest BCUT2D eigenvalue weighted by Crippen LogP contribution is -2.27. The van der Waals surface area contributed by atoms with E-state index in [0.717, 1.165) is 18.5 Å². The Kier molecular flexibility index (Phi) is 2.64. The first-order valence-electron chi connectivity index (χ1n) is 4.75. The molecular formula is C10H17NO2. The fourth-order valence-electron chi connectivity index (χ4n) is 1.43. The van der Waals surface area contributed by atoms with Crippen LogP contribution in [-0.4, -0.2) is 23.1 Å². The summed E-state index contributed by atoms with van der Waals surface area (Å²) in [7, 11) is 0. The third-order valence-corrected chi connectivity index (χ3v) is 2.59. The fraction of sp³-hybridized carbons (Fsp3) is 0.700. The van der Waals surface area contributed by atoms with E-state index in [1.54, 1.807) is 4.90 Å². The molecule has 0 aromatic carbocycles. The summed E-state index contributed by atoms with van der Waals surface area (Å²) in [4.78, 5) is 13.0. The maximum absolute atomic E-state index is 11.4. The summed E-state index contributed by atoms with van der Waals surface area (Å²) in [5, 5.41) is 0. The Morgan fingerprint density at radius 3 is 2.54 bits per heavy atom. The highest BCUT2D eigenvalue weighted by Crippen LogP contribution is 2.34. The van der Waals surface area contributed by atoms with Crippen molar-refractivity contribution in [2.45, 2.75) is 39.2 Å². The molecule has 1 aliphatic heterocycles. The maximum Gasteiger partial charge on any atom is 0.415 e. The molecule has 1 amide bonds. The molecule has 1 rings (SSSR count). The van der Waals surface area contributed by atoms with Crippen LogP contribution in [0.2, 0.25) is 0 Å². The van der Waals surface area contributed by atoms with Gasteiger partial charge in [0.1, 0.15) is 0 Å². The molecule has 13 heavy (non-hydrogen) atoms. The quantitative estimate of drug-likeness (QED) is 0.673. The van der Waals surface area contributed by atoms with Gasteiger partial charge in [-0.2, -0.15) is 0 Å². The minimum absolute atomic E-state index is 0.254. The molecule has 0 radical (unpaired) electrons. The van der Waals surface area contributed by atoms with Gasteiger partial charge in [-0.3, -0.25) is 4.90 Å². The van der Waals surface area contributed by atoms with Gasteiger partial charge in [-0.15, -0.1) is 0 Å². The summed E-state index contributed by atoms with van der Waals surface area (Å²) in [6.07, 6.45) is 1.45. The highest BCUT2D eigenvalue weighted by Gasteiger charge is 2.43. The highest BCUT2D eigenvalue weighted by atomic mass is 16.6. The van der Waals surface area contributed by atoms with Gasteiger partial charge in [0.15, 0.2) is 5.60 Å². The van der Waals surface area contributed by atoms with E-state index >= 15 is 0 Å². The van der Waals surface area contributed by atoms with E-state index in [-0.39, 0.29) is 6.09 Å². The van der Waals surface area contributed by atoms with E-state index in [1.165, 1.54) is 0 Å². The fourth-order valence-corrected chi connectivity index (χ4v) is 1.43. The molecule has 1 atom stereocenters. The second-order valence-electron chi connectivity index (χ2n) is 3.55. The van der Waals surface area contributed by atoms with Crippen LogP contribution in [0.5, 0.6) is 0 Å². The Morgan fingerprint density at radius 1 is 1.54 bits per heavy atom. The predicted molar refractivity (Wildman–Crippen MR) is 51.3 cm³/mol. The molecule has 0 aromatic rings. The Bertz CT molecular complexity index is 237. The molecule has 1 fully saturated rings. The largest absolute Gasteiger partial charge is 0.436 e. The SMILES string of the molecule is C=C1N(CCC)C(=O)OC1(C)CC. The van der Waals surface area contributed by atoms with Crippen LogP contribution in [-0.2, 0) is 4.74 Å². The monoisotopic (exact) mass is 183 g/mol. The minimum Gasteiger partial charge on any atom is -0.436 e. The number of carbonyl (C=O) groups is 1. The van der Waals surface area contributed by atoms with Crippen molar-refractivity contribution in [1.29, 1.82) is 0 Å². The summed E-state index contributed by atoms with van der Waals surface area (Å²) < 4.78 is 5.26. The van der Waals surface area contributed by atoms with Crippen LogP contribution in [0.15, 0.2) is 12.3 Å². The van der Waals surface area contributed by atoms with E-state index in [4.69, 9.17) is 4.74 Å². The smallest absolute Gasteiger partial charge is 0.415 e. The zero-order chi connectivity index (χ0) is 10.1. The lowest BCUT2D eigenvalue weighted by molar-refractivity contribution is 0.0788. The van der Waals surface area contributed by atoms with Crippen LogP contribution in [0.1, 0.15) is 33.6 Å². The topological polar surface area (TPSA) is 29.5 Å². The molecular weight excluding hydrogens is 166 g/mol. The van der Waals surface area contributed by atoms with Crippen molar-refractivity contribution >= 4 is 6.09 Å². The minimum atomic E-state index is -0.480. The molecule has 1 saturated heterocycles. The van der Waals surface area contributed by atoms with E-state index in [0.29, 0.717) is 6.54 Å². The van der Waals surface area contributed by atoms with E-state index in [1.807, 2.05) is 20.8 Å². The average molecular weight is 183 g/mol. The summed E-state index contributed by atoms with van der Waals surface area (Å²) in [5.41, 5.74) is 0.313. The second-order valence-corrected chi connectivity index (χ2v) is 3.55. The van der Waals surface area contributed by atoms with Gasteiger partial charge in [0, 0.05) is 6.54 Å². The molecule has 3 heteroatoms. The molecule has 0 aliphatic carbocycles. The number of hydrogen-bond acceptors (Lipinski definition) is 2. The number of ether oxygens (including phenoxy) is 1. The summed E-state index contributed by atoms with van der Waals surface area (Å²) in [6.45, 7) is 10.5. The van der Waals surface area contributed by atoms with Crippen molar-refractivity contribution in [3.63, 3.8) is 0 Å². The lowest BCUT2D eigenvalue weighted by Gasteiger charge is -2.21. The van der Waals surface area contributed by atoms with Crippen molar-refractivity contribution in [2.24, 2.45) is 0 Å². The molecule has 3 nitrogen and oxygen atoms in total. The molecule has 1 unspecified atom stereocenters. The summed E-state index contributed by atoms with van der Waals surface area (Å²) in [6, 6.07) is 0. The lowest BCUT2D eigenvalue weighted by atomic mass is 10.0. The number of carbonyl (C=O) groups excluding carboxylic acids is 1. The van der Waals surface area contributed by atoms with Gasteiger partial charge in [-0.05, 0) is 19.8 Å². The maximum atomic E-state index is 11.4. The van der Waals surface area contributed by atoms with Crippen LogP contribution in [0.25, 0.3) is 0 Å². The van der Waals surface area contributed by atoms with Crippen LogP contribution < -0.4 is 0 Å². The zero-order valence-corrected chi connectivity index (χ0v) is 8.59. The molecule has 0 spiro atoms. The average Bonchev–Trinajstić information content (AvgIpc) is 2.31. The first kappa shape index (κ1) is 10.1. The van der Waals surface area contributed by atoms with Crippen LogP contribution in [0.3, 0.4) is 0 Å². The van der Waals surface area contributed by atoms with Crippen LogP contribution in [0.4, 0.5) is 4.79 Å². The highest BCUT2D eigenvalue weighted by molar-refractivity contribution is 5.74. The summed E-state index contributed by atoms with van der Waals surface area (Å²) in [5.74, 6) is 0. The number of cyclic esters (lactones) is 1. The van der Waals surface area contributed by atoms with E-state index in [2.05, 4.69) is 6.58 Å². The number of hydrogen-bond donors (Lipinski definition) is 0. The van der Waals surface area contributed by atoms with Crippen molar-refractivity contribution in [3.8, 4) is 0 Å². The van der Waals surface area contributed by atoms with Crippen molar-refractivity contribution in [3.05, 3.63) is 12.3 Å². The first-order valence-corrected chi connectivity index (χ1v) is 4.75. The van der Waals surface area contributed by atoms with Crippen LogP contribution >= 0.6 is 0 Å². The van der Waals surface area contributed by atoms with Crippen LogP contribution in [0, 0.1) is 0 Å². The molecule has 0 aromatic heterocycles. The van der Waals surface area contributed by atoms with Gasteiger partial charge < -0.3 is 4.74 Å². The first-order chi connectivity index (χ1) is 6.05. The zero-order valence-electron chi connectivity index (χ0n) is 8.59. The van der Waals surface area contributed by atoms with E-state index in [9.17, 15) is 4.79 Å². The third kappa shape index (κ3) is 1.55.